The molecule has 0 amide bonds. The van der Waals surface area contributed by atoms with Crippen LogP contribution in [0.4, 0.5) is 0 Å². The van der Waals surface area contributed by atoms with E-state index in [-0.39, 0.29) is 6.10 Å². The average molecular weight is 239 g/mol. The van der Waals surface area contributed by atoms with Crippen LogP contribution in [0.1, 0.15) is 19.4 Å². The molecule has 1 aromatic carbocycles. The lowest BCUT2D eigenvalue weighted by Crippen LogP contribution is -2.31. The van der Waals surface area contributed by atoms with Gasteiger partial charge in [-0.05, 0) is 31.7 Å². The zero-order valence-corrected chi connectivity index (χ0v) is 11.6. The quantitative estimate of drug-likeness (QED) is 0.828. The maximum absolute atomic E-state index is 5.63. The van der Waals surface area contributed by atoms with Gasteiger partial charge in [-0.15, -0.1) is 0 Å². The van der Waals surface area contributed by atoms with Crippen LogP contribution < -0.4 is 10.1 Å². The summed E-state index contributed by atoms with van der Waals surface area (Å²) in [5.41, 5.74) is 1.20. The molecule has 0 fully saturated rings. The van der Waals surface area contributed by atoms with Crippen LogP contribution in [-0.4, -0.2) is 33.4 Å². The molecule has 1 N–H and O–H groups in total. The minimum atomic E-state index is 0.0931. The van der Waals surface area contributed by atoms with E-state index in [1.54, 1.807) is 7.11 Å². The maximum atomic E-state index is 5.63. The molecule has 0 spiro atoms. The lowest BCUT2D eigenvalue weighted by atomic mass is 10.2. The van der Waals surface area contributed by atoms with E-state index in [1.165, 1.54) is 5.56 Å². The molecule has 17 heavy (non-hydrogen) atoms. The first-order chi connectivity index (χ1) is 8.26. The van der Waals surface area contributed by atoms with Crippen molar-refractivity contribution in [1.82, 2.24) is 5.32 Å². The van der Waals surface area contributed by atoms with Gasteiger partial charge >= 0.3 is 0 Å². The first kappa shape index (κ1) is 15.9. The van der Waals surface area contributed by atoms with Crippen molar-refractivity contribution in [2.75, 3.05) is 27.3 Å². The molecule has 0 bridgehead atoms. The standard InChI is InChI=1S/C12H19NO2.C2H6/c1-10-5-4-6-11(7-10)15-9-12(14-3)8-13-2;1-2/h4-7,12-13H,8-9H2,1-3H3;1-2H3/t12-;/m0./s1. The molecule has 0 saturated carbocycles. The molecule has 98 valence electrons. The summed E-state index contributed by atoms with van der Waals surface area (Å²) in [5, 5.41) is 3.06. The molecule has 0 unspecified atom stereocenters. The van der Waals surface area contributed by atoms with Crippen molar-refractivity contribution in [2.24, 2.45) is 0 Å². The topological polar surface area (TPSA) is 30.5 Å². The van der Waals surface area contributed by atoms with E-state index < -0.39 is 0 Å². The Labute approximate surface area is 105 Å². The van der Waals surface area contributed by atoms with E-state index in [0.29, 0.717) is 6.61 Å². The van der Waals surface area contributed by atoms with Gasteiger partial charge in [-0.3, -0.25) is 0 Å². The first-order valence-electron chi connectivity index (χ1n) is 6.13. The van der Waals surface area contributed by atoms with Crippen LogP contribution in [0.5, 0.6) is 5.75 Å². The predicted molar refractivity (Wildman–Crippen MR) is 72.7 cm³/mol. The summed E-state index contributed by atoms with van der Waals surface area (Å²) in [6, 6.07) is 8.02. The van der Waals surface area contributed by atoms with Crippen LogP contribution in [0, 0.1) is 6.92 Å². The summed E-state index contributed by atoms with van der Waals surface area (Å²) in [5.74, 6) is 0.896. The summed E-state index contributed by atoms with van der Waals surface area (Å²) in [4.78, 5) is 0. The fraction of sp³-hybridized carbons (Fsp3) is 0.571. The highest BCUT2D eigenvalue weighted by Crippen LogP contribution is 2.12. The monoisotopic (exact) mass is 239 g/mol. The van der Waals surface area contributed by atoms with Gasteiger partial charge in [0.25, 0.3) is 0 Å². The van der Waals surface area contributed by atoms with Gasteiger partial charge in [0, 0.05) is 13.7 Å². The minimum Gasteiger partial charge on any atom is -0.491 e. The molecular weight excluding hydrogens is 214 g/mol. The lowest BCUT2D eigenvalue weighted by Gasteiger charge is -2.15. The molecule has 0 aromatic heterocycles. The van der Waals surface area contributed by atoms with Crippen molar-refractivity contribution < 1.29 is 9.47 Å². The molecule has 0 radical (unpaired) electrons. The van der Waals surface area contributed by atoms with Crippen LogP contribution in [0.15, 0.2) is 24.3 Å². The Morgan fingerprint density at radius 3 is 2.53 bits per heavy atom. The van der Waals surface area contributed by atoms with Crippen molar-refractivity contribution >= 4 is 0 Å². The van der Waals surface area contributed by atoms with Gasteiger partial charge in [0.05, 0.1) is 0 Å². The number of likely N-dealkylation sites (N-methyl/N-ethyl adjacent to an activating group) is 1. The fourth-order valence-electron chi connectivity index (χ4n) is 1.33. The third-order valence-electron chi connectivity index (χ3n) is 2.19. The Morgan fingerprint density at radius 1 is 1.29 bits per heavy atom. The summed E-state index contributed by atoms with van der Waals surface area (Å²) in [7, 11) is 3.60. The van der Waals surface area contributed by atoms with Crippen molar-refractivity contribution in [3.63, 3.8) is 0 Å². The number of hydrogen-bond donors (Lipinski definition) is 1. The molecule has 3 heteroatoms. The number of aryl methyl sites for hydroxylation is 1. The van der Waals surface area contributed by atoms with Crippen LogP contribution in [0.3, 0.4) is 0 Å². The van der Waals surface area contributed by atoms with Gasteiger partial charge < -0.3 is 14.8 Å². The molecule has 3 nitrogen and oxygen atoms in total. The van der Waals surface area contributed by atoms with E-state index in [1.807, 2.05) is 52.1 Å². The zero-order chi connectivity index (χ0) is 13.1. The third-order valence-corrected chi connectivity index (χ3v) is 2.19. The molecule has 1 atom stereocenters. The Kier molecular flexibility index (Phi) is 9.49. The predicted octanol–water partition coefficient (Wildman–Crippen LogP) is 2.63. The molecule has 0 aliphatic carbocycles. The van der Waals surface area contributed by atoms with Crippen molar-refractivity contribution in [2.45, 2.75) is 26.9 Å². The third kappa shape index (κ3) is 6.97. The highest BCUT2D eigenvalue weighted by molar-refractivity contribution is 5.27. The largest absolute Gasteiger partial charge is 0.491 e. The van der Waals surface area contributed by atoms with Gasteiger partial charge in [-0.25, -0.2) is 0 Å². The average Bonchev–Trinajstić information content (AvgIpc) is 2.37. The van der Waals surface area contributed by atoms with Crippen molar-refractivity contribution in [3.8, 4) is 5.75 Å². The van der Waals surface area contributed by atoms with Crippen molar-refractivity contribution in [1.29, 1.82) is 0 Å². The van der Waals surface area contributed by atoms with Gasteiger partial charge in [-0.1, -0.05) is 26.0 Å². The van der Waals surface area contributed by atoms with Crippen LogP contribution in [0.2, 0.25) is 0 Å². The zero-order valence-electron chi connectivity index (χ0n) is 11.6. The van der Waals surface area contributed by atoms with E-state index >= 15 is 0 Å². The number of benzene rings is 1. The van der Waals surface area contributed by atoms with E-state index in [2.05, 4.69) is 5.32 Å². The minimum absolute atomic E-state index is 0.0931. The van der Waals surface area contributed by atoms with E-state index in [9.17, 15) is 0 Å². The number of methoxy groups -OCH3 is 1. The highest BCUT2D eigenvalue weighted by Gasteiger charge is 2.06. The maximum Gasteiger partial charge on any atom is 0.119 e. The second-order valence-electron chi connectivity index (χ2n) is 3.54. The number of ether oxygens (including phenoxy) is 2. The van der Waals surface area contributed by atoms with Crippen LogP contribution in [-0.2, 0) is 4.74 Å². The Bertz CT molecular complexity index is 289. The second-order valence-corrected chi connectivity index (χ2v) is 3.54. The molecule has 1 rings (SSSR count). The summed E-state index contributed by atoms with van der Waals surface area (Å²) < 4.78 is 10.9. The Morgan fingerprint density at radius 2 is 2.00 bits per heavy atom. The number of nitrogens with one attached hydrogen (secondary N) is 1. The highest BCUT2D eigenvalue weighted by atomic mass is 16.5. The molecule has 0 saturated heterocycles. The van der Waals surface area contributed by atoms with Crippen molar-refractivity contribution in [3.05, 3.63) is 29.8 Å². The fourth-order valence-corrected chi connectivity index (χ4v) is 1.33. The van der Waals surface area contributed by atoms with Gasteiger partial charge in [0.2, 0.25) is 0 Å². The van der Waals surface area contributed by atoms with E-state index in [0.717, 1.165) is 12.3 Å². The summed E-state index contributed by atoms with van der Waals surface area (Å²) in [6.07, 6.45) is 0.0931. The number of hydrogen-bond acceptors (Lipinski definition) is 3. The first-order valence-corrected chi connectivity index (χ1v) is 6.13. The second kappa shape index (κ2) is 10.1. The van der Waals surface area contributed by atoms with E-state index in [4.69, 9.17) is 9.47 Å². The SMILES string of the molecule is CC.CNC[C@@H](COc1cccc(C)c1)OC. The Balaban J connectivity index is 0.00000121. The van der Waals surface area contributed by atoms with Gasteiger partial charge in [-0.2, -0.15) is 0 Å². The molecule has 0 aliphatic rings. The normalized spacial score (nSPS) is 11.4. The van der Waals surface area contributed by atoms with Crippen LogP contribution >= 0.6 is 0 Å². The lowest BCUT2D eigenvalue weighted by molar-refractivity contribution is 0.0594. The smallest absolute Gasteiger partial charge is 0.119 e. The molecule has 0 aliphatic heterocycles. The summed E-state index contributed by atoms with van der Waals surface area (Å²) in [6.45, 7) is 7.41. The number of rotatable bonds is 6. The molecule has 0 heterocycles. The summed E-state index contributed by atoms with van der Waals surface area (Å²) >= 11 is 0. The Hall–Kier alpha value is -1.06. The van der Waals surface area contributed by atoms with Gasteiger partial charge in [0.15, 0.2) is 0 Å². The van der Waals surface area contributed by atoms with Crippen LogP contribution in [0.25, 0.3) is 0 Å². The van der Waals surface area contributed by atoms with Gasteiger partial charge in [0.1, 0.15) is 18.5 Å². The molecular formula is C14H25NO2. The molecule has 1 aromatic rings.